The molecule has 0 amide bonds. The first kappa shape index (κ1) is 27.2. The van der Waals surface area contributed by atoms with Crippen molar-refractivity contribution in [3.05, 3.63) is 137 Å². The molecule has 8 heteroatoms. The molecule has 0 radical (unpaired) electrons. The number of anilines is 1. The molecule has 42 heavy (non-hydrogen) atoms. The Kier molecular flexibility index (Phi) is 7.22. The second-order valence-corrected chi connectivity index (χ2v) is 10.8. The van der Waals surface area contributed by atoms with Gasteiger partial charge < -0.3 is 24.6 Å². The van der Waals surface area contributed by atoms with E-state index in [1.807, 2.05) is 86.6 Å². The number of aryl methyl sites for hydroxylation is 2. The molecule has 1 aliphatic rings. The minimum Gasteiger partial charge on any atom is -0.478 e. The molecule has 2 atom stereocenters. The van der Waals surface area contributed by atoms with Gasteiger partial charge in [-0.15, -0.1) is 0 Å². The van der Waals surface area contributed by atoms with E-state index in [9.17, 15) is 9.90 Å². The Morgan fingerprint density at radius 2 is 1.67 bits per heavy atom. The maximum Gasteiger partial charge on any atom is 0.335 e. The molecule has 0 saturated carbocycles. The quantitative estimate of drug-likeness (QED) is 0.195. The Hall–Kier alpha value is -4.95. The number of carboxylic acids is 1. The average Bonchev–Trinajstić information content (AvgIpc) is 3.49. The monoisotopic (exact) mass is 574 g/mol. The third-order valence-electron chi connectivity index (χ3n) is 7.67. The van der Waals surface area contributed by atoms with Gasteiger partial charge in [0.05, 0.1) is 23.3 Å². The summed E-state index contributed by atoms with van der Waals surface area (Å²) in [5.41, 5.74) is 6.96. The number of hydrogen-bond donors (Lipinski definition) is 2. The molecule has 1 fully saturated rings. The van der Waals surface area contributed by atoms with Gasteiger partial charge in [-0.2, -0.15) is 0 Å². The summed E-state index contributed by atoms with van der Waals surface area (Å²) in [5.74, 6) is 0.595. The first-order valence-corrected chi connectivity index (χ1v) is 14.1. The third-order valence-corrected chi connectivity index (χ3v) is 7.99. The number of carbonyl (C=O) groups is 1. The predicted molar refractivity (Wildman–Crippen MR) is 168 cm³/mol. The molecule has 2 N–H and O–H groups in total. The van der Waals surface area contributed by atoms with Crippen LogP contribution in [0.2, 0.25) is 0 Å². The van der Waals surface area contributed by atoms with Gasteiger partial charge in [-0.3, -0.25) is 4.98 Å². The van der Waals surface area contributed by atoms with E-state index in [-0.39, 0.29) is 17.6 Å². The largest absolute Gasteiger partial charge is 0.478 e. The van der Waals surface area contributed by atoms with Crippen LogP contribution < -0.4 is 15.0 Å². The number of ether oxygens (including phenoxy) is 1. The highest BCUT2D eigenvalue weighted by molar-refractivity contribution is 7.80. The Morgan fingerprint density at radius 1 is 0.905 bits per heavy atom. The highest BCUT2D eigenvalue weighted by Crippen LogP contribution is 2.44. The molecular formula is C34H30N4O3S. The normalized spacial score (nSPS) is 16.4. The van der Waals surface area contributed by atoms with E-state index in [1.165, 1.54) is 0 Å². The highest BCUT2D eigenvalue weighted by Gasteiger charge is 2.42. The van der Waals surface area contributed by atoms with Gasteiger partial charge in [-0.05, 0) is 111 Å². The van der Waals surface area contributed by atoms with Crippen molar-refractivity contribution in [3.8, 4) is 17.2 Å². The fourth-order valence-corrected chi connectivity index (χ4v) is 6.03. The van der Waals surface area contributed by atoms with Crippen molar-refractivity contribution in [2.45, 2.75) is 32.9 Å². The smallest absolute Gasteiger partial charge is 0.335 e. The van der Waals surface area contributed by atoms with Crippen LogP contribution in [0.25, 0.3) is 5.69 Å². The van der Waals surface area contributed by atoms with E-state index in [1.54, 1.807) is 24.4 Å². The highest BCUT2D eigenvalue weighted by atomic mass is 32.1. The lowest BCUT2D eigenvalue weighted by Gasteiger charge is -2.28. The maximum absolute atomic E-state index is 11.7. The molecule has 1 saturated heterocycles. The molecule has 1 aliphatic heterocycles. The molecule has 2 aromatic heterocycles. The van der Waals surface area contributed by atoms with Crippen LogP contribution in [-0.4, -0.2) is 25.7 Å². The van der Waals surface area contributed by atoms with Gasteiger partial charge >= 0.3 is 5.97 Å². The number of carboxylic acid groups (broad SMARTS) is 1. The number of pyridine rings is 1. The van der Waals surface area contributed by atoms with Gasteiger partial charge in [0.15, 0.2) is 5.11 Å². The standard InChI is InChI=1S/C34H30N4O3S/c1-21-9-4-5-13-30(21)41-27-16-14-25(15-17-27)38-32(31(36-34(38)42)29-12-6-7-18-35-29)28-19-22(2)37(23(28)3)26-11-8-10-24(20-26)33(39)40/h4-20,31-32H,1-3H3,(H,36,42)(H,39,40)/t31-,32-/m1/s1. The number of nitrogens with one attached hydrogen (secondary N) is 1. The average molecular weight is 575 g/mol. The summed E-state index contributed by atoms with van der Waals surface area (Å²) >= 11 is 5.94. The van der Waals surface area contributed by atoms with E-state index in [4.69, 9.17) is 17.0 Å². The van der Waals surface area contributed by atoms with E-state index in [0.717, 1.165) is 51.1 Å². The summed E-state index contributed by atoms with van der Waals surface area (Å²) in [4.78, 5) is 18.5. The fraction of sp³-hybridized carbons (Fsp3) is 0.147. The Balaban J connectivity index is 1.42. The molecule has 5 aromatic rings. The number of aromatic carboxylic acids is 1. The van der Waals surface area contributed by atoms with Crippen LogP contribution >= 0.6 is 12.2 Å². The zero-order chi connectivity index (χ0) is 29.4. The van der Waals surface area contributed by atoms with Crippen LogP contribution in [0.3, 0.4) is 0 Å². The lowest BCUT2D eigenvalue weighted by atomic mass is 9.96. The summed E-state index contributed by atoms with van der Waals surface area (Å²) < 4.78 is 8.24. The third kappa shape index (κ3) is 5.01. The minimum absolute atomic E-state index is 0.208. The predicted octanol–water partition coefficient (Wildman–Crippen LogP) is 7.47. The number of hydrogen-bond acceptors (Lipinski definition) is 4. The Morgan fingerprint density at radius 3 is 2.38 bits per heavy atom. The second kappa shape index (κ2) is 11.1. The maximum atomic E-state index is 11.7. The van der Waals surface area contributed by atoms with Crippen molar-refractivity contribution in [3.63, 3.8) is 0 Å². The van der Waals surface area contributed by atoms with E-state index < -0.39 is 5.97 Å². The summed E-state index contributed by atoms with van der Waals surface area (Å²) in [6.07, 6.45) is 1.79. The lowest BCUT2D eigenvalue weighted by Crippen LogP contribution is -2.29. The molecular weight excluding hydrogens is 544 g/mol. The molecule has 0 spiro atoms. The molecule has 7 nitrogen and oxygen atoms in total. The minimum atomic E-state index is -0.957. The van der Waals surface area contributed by atoms with E-state index in [2.05, 4.69) is 32.8 Å². The number of thiocarbonyl (C=S) groups is 1. The molecule has 0 aliphatic carbocycles. The number of nitrogens with zero attached hydrogens (tertiary/aromatic N) is 3. The zero-order valence-electron chi connectivity index (χ0n) is 23.5. The van der Waals surface area contributed by atoms with Crippen LogP contribution in [-0.2, 0) is 0 Å². The Labute approximate surface area is 250 Å². The van der Waals surface area contributed by atoms with Gasteiger partial charge in [0.2, 0.25) is 0 Å². The van der Waals surface area contributed by atoms with Gasteiger partial charge in [0.1, 0.15) is 11.5 Å². The summed E-state index contributed by atoms with van der Waals surface area (Å²) in [5, 5.41) is 13.7. The van der Waals surface area contributed by atoms with Gasteiger partial charge in [0.25, 0.3) is 0 Å². The SMILES string of the molecule is Cc1ccccc1Oc1ccc(N2C(=S)N[C@H](c3ccccn3)[C@H]2c2cc(C)n(-c3cccc(C(=O)O)c3)c2C)cc1. The second-order valence-electron chi connectivity index (χ2n) is 10.4. The number of aromatic nitrogens is 2. The lowest BCUT2D eigenvalue weighted by molar-refractivity contribution is 0.0697. The van der Waals surface area contributed by atoms with Crippen molar-refractivity contribution in [1.29, 1.82) is 0 Å². The van der Waals surface area contributed by atoms with Crippen molar-refractivity contribution in [1.82, 2.24) is 14.9 Å². The van der Waals surface area contributed by atoms with Crippen LogP contribution in [0, 0.1) is 20.8 Å². The van der Waals surface area contributed by atoms with Gasteiger partial charge in [0, 0.05) is 29.0 Å². The molecule has 3 heterocycles. The topological polar surface area (TPSA) is 79.6 Å². The fourth-order valence-electron chi connectivity index (χ4n) is 5.68. The summed E-state index contributed by atoms with van der Waals surface area (Å²) in [6, 6.07) is 30.5. The van der Waals surface area contributed by atoms with Crippen molar-refractivity contribution < 1.29 is 14.6 Å². The summed E-state index contributed by atoms with van der Waals surface area (Å²) in [6.45, 7) is 6.11. The first-order valence-electron chi connectivity index (χ1n) is 13.7. The summed E-state index contributed by atoms with van der Waals surface area (Å²) in [7, 11) is 0. The van der Waals surface area contributed by atoms with Crippen LogP contribution in [0.5, 0.6) is 11.5 Å². The molecule has 3 aromatic carbocycles. The van der Waals surface area contributed by atoms with Gasteiger partial charge in [-0.25, -0.2) is 4.79 Å². The van der Waals surface area contributed by atoms with Gasteiger partial charge in [-0.1, -0.05) is 30.3 Å². The van der Waals surface area contributed by atoms with Crippen molar-refractivity contribution >= 4 is 29.0 Å². The molecule has 6 rings (SSSR count). The van der Waals surface area contributed by atoms with Crippen molar-refractivity contribution in [2.24, 2.45) is 0 Å². The first-order chi connectivity index (χ1) is 20.3. The van der Waals surface area contributed by atoms with E-state index in [0.29, 0.717) is 5.11 Å². The zero-order valence-corrected chi connectivity index (χ0v) is 24.3. The van der Waals surface area contributed by atoms with Crippen molar-refractivity contribution in [2.75, 3.05) is 4.90 Å². The molecule has 210 valence electrons. The number of benzene rings is 3. The van der Waals surface area contributed by atoms with Crippen LogP contribution in [0.15, 0.2) is 103 Å². The number of para-hydroxylation sites is 1. The molecule has 0 unspecified atom stereocenters. The van der Waals surface area contributed by atoms with Crippen LogP contribution in [0.1, 0.15) is 50.7 Å². The molecule has 0 bridgehead atoms. The Bertz CT molecular complexity index is 1780. The van der Waals surface area contributed by atoms with E-state index >= 15 is 0 Å². The van der Waals surface area contributed by atoms with Crippen LogP contribution in [0.4, 0.5) is 5.69 Å². The number of rotatable bonds is 7.